The number of fused-ring (bicyclic) bond motifs is 1. The van der Waals surface area contributed by atoms with E-state index in [-0.39, 0.29) is 12.6 Å². The molecule has 2 atom stereocenters. The molecule has 0 fully saturated rings. The van der Waals surface area contributed by atoms with E-state index in [9.17, 15) is 13.6 Å². The van der Waals surface area contributed by atoms with Crippen molar-refractivity contribution >= 4 is 5.78 Å². The maximum absolute atomic E-state index is 13.0. The molecule has 0 saturated heterocycles. The standard InChI is InChI=1S/C13H15F2NO3/c1-2-9(16-12(15)6-14)13(17)8-3-4-10-11(5-8)19-7-18-10/h3-5,9,12,16H,2,6-7H2,1H3. The number of hydrogen-bond donors (Lipinski definition) is 1. The molecule has 1 aliphatic heterocycles. The maximum atomic E-state index is 13.0. The minimum absolute atomic E-state index is 0.122. The normalized spacial score (nSPS) is 16.2. The minimum atomic E-state index is -1.83. The molecule has 0 amide bonds. The van der Waals surface area contributed by atoms with Gasteiger partial charge in [0.05, 0.1) is 6.04 Å². The molecule has 19 heavy (non-hydrogen) atoms. The van der Waals surface area contributed by atoms with Gasteiger partial charge in [-0.05, 0) is 24.6 Å². The van der Waals surface area contributed by atoms with E-state index >= 15 is 0 Å². The van der Waals surface area contributed by atoms with Crippen molar-refractivity contribution in [3.8, 4) is 11.5 Å². The summed E-state index contributed by atoms with van der Waals surface area (Å²) >= 11 is 0. The zero-order valence-corrected chi connectivity index (χ0v) is 10.5. The smallest absolute Gasteiger partial charge is 0.231 e. The average molecular weight is 271 g/mol. The van der Waals surface area contributed by atoms with Crippen LogP contribution in [0.3, 0.4) is 0 Å². The first-order valence-electron chi connectivity index (χ1n) is 6.05. The quantitative estimate of drug-likeness (QED) is 0.636. The average Bonchev–Trinajstić information content (AvgIpc) is 2.90. The highest BCUT2D eigenvalue weighted by Gasteiger charge is 2.23. The van der Waals surface area contributed by atoms with E-state index in [0.29, 0.717) is 23.5 Å². The summed E-state index contributed by atoms with van der Waals surface area (Å²) in [6.45, 7) is 0.690. The number of carbonyl (C=O) groups excluding carboxylic acids is 1. The second kappa shape index (κ2) is 5.97. The molecule has 0 spiro atoms. The highest BCUT2D eigenvalue weighted by atomic mass is 19.2. The molecule has 1 aromatic carbocycles. The van der Waals surface area contributed by atoms with Crippen LogP contribution in [0.5, 0.6) is 11.5 Å². The number of ketones is 1. The predicted molar refractivity (Wildman–Crippen MR) is 65.0 cm³/mol. The molecular weight excluding hydrogens is 256 g/mol. The predicted octanol–water partition coefficient (Wildman–Crippen LogP) is 2.23. The first-order valence-corrected chi connectivity index (χ1v) is 6.05. The Balaban J connectivity index is 2.13. The second-order valence-corrected chi connectivity index (χ2v) is 4.18. The Bertz CT molecular complexity index is 467. The van der Waals surface area contributed by atoms with Gasteiger partial charge in [0.2, 0.25) is 6.79 Å². The van der Waals surface area contributed by atoms with E-state index in [4.69, 9.17) is 9.47 Å². The van der Waals surface area contributed by atoms with Crippen LogP contribution in [0.15, 0.2) is 18.2 Å². The van der Waals surface area contributed by atoms with Gasteiger partial charge in [0, 0.05) is 5.56 Å². The fourth-order valence-corrected chi connectivity index (χ4v) is 1.89. The Morgan fingerprint density at radius 1 is 1.42 bits per heavy atom. The zero-order valence-electron chi connectivity index (χ0n) is 10.5. The van der Waals surface area contributed by atoms with Crippen molar-refractivity contribution in [1.82, 2.24) is 5.32 Å². The van der Waals surface area contributed by atoms with Crippen molar-refractivity contribution in [2.24, 2.45) is 0 Å². The molecule has 0 radical (unpaired) electrons. The molecule has 0 aromatic heterocycles. The third kappa shape index (κ3) is 3.01. The lowest BCUT2D eigenvalue weighted by Gasteiger charge is -2.17. The van der Waals surface area contributed by atoms with E-state index < -0.39 is 19.0 Å². The number of rotatable bonds is 6. The van der Waals surface area contributed by atoms with Crippen molar-refractivity contribution in [2.75, 3.05) is 13.5 Å². The molecule has 0 bridgehead atoms. The molecule has 1 heterocycles. The summed E-state index contributed by atoms with van der Waals surface area (Å²) in [5.41, 5.74) is 0.384. The summed E-state index contributed by atoms with van der Waals surface area (Å²) in [7, 11) is 0. The Hall–Kier alpha value is -1.69. The lowest BCUT2D eigenvalue weighted by atomic mass is 10.0. The first kappa shape index (κ1) is 13.7. The van der Waals surface area contributed by atoms with E-state index in [1.165, 1.54) is 0 Å². The van der Waals surface area contributed by atoms with Gasteiger partial charge in [0.1, 0.15) is 6.67 Å². The van der Waals surface area contributed by atoms with E-state index in [0.717, 1.165) is 0 Å². The number of Topliss-reactive ketones (excluding diaryl/α,β-unsaturated/α-hetero) is 1. The third-order valence-electron chi connectivity index (χ3n) is 2.90. The Morgan fingerprint density at radius 3 is 2.84 bits per heavy atom. The zero-order chi connectivity index (χ0) is 13.8. The molecule has 2 rings (SSSR count). The van der Waals surface area contributed by atoms with Gasteiger partial charge < -0.3 is 9.47 Å². The van der Waals surface area contributed by atoms with Gasteiger partial charge in [0.25, 0.3) is 0 Å². The lowest BCUT2D eigenvalue weighted by Crippen LogP contribution is -2.42. The highest BCUT2D eigenvalue weighted by molar-refractivity contribution is 6.00. The van der Waals surface area contributed by atoms with Gasteiger partial charge in [-0.3, -0.25) is 10.1 Å². The molecule has 4 nitrogen and oxygen atoms in total. The molecule has 2 unspecified atom stereocenters. The second-order valence-electron chi connectivity index (χ2n) is 4.18. The first-order chi connectivity index (χ1) is 9.15. The molecule has 0 aliphatic carbocycles. The highest BCUT2D eigenvalue weighted by Crippen LogP contribution is 2.32. The van der Waals surface area contributed by atoms with Crippen molar-refractivity contribution in [2.45, 2.75) is 25.7 Å². The molecule has 6 heteroatoms. The Labute approximate surface area is 109 Å². The van der Waals surface area contributed by atoms with Crippen LogP contribution >= 0.6 is 0 Å². The summed E-state index contributed by atoms with van der Waals surface area (Å²) in [6, 6.07) is 4.01. The SMILES string of the molecule is CCC(NC(F)CF)C(=O)c1ccc2c(c1)OCO2. The summed E-state index contributed by atoms with van der Waals surface area (Å²) in [5, 5.41) is 2.32. The maximum Gasteiger partial charge on any atom is 0.231 e. The van der Waals surface area contributed by atoms with Gasteiger partial charge in [0.15, 0.2) is 23.6 Å². The summed E-state index contributed by atoms with van der Waals surface area (Å²) < 4.78 is 35.4. The van der Waals surface area contributed by atoms with Gasteiger partial charge in [-0.1, -0.05) is 6.92 Å². The third-order valence-corrected chi connectivity index (χ3v) is 2.90. The van der Waals surface area contributed by atoms with Gasteiger partial charge in [-0.15, -0.1) is 0 Å². The van der Waals surface area contributed by atoms with Crippen LogP contribution in [0.2, 0.25) is 0 Å². The summed E-state index contributed by atoms with van der Waals surface area (Å²) in [5.74, 6) is 0.768. The molecule has 1 N–H and O–H groups in total. The van der Waals surface area contributed by atoms with Crippen molar-refractivity contribution < 1.29 is 23.0 Å². The molecular formula is C13H15F2NO3. The number of carbonyl (C=O) groups is 1. The number of ether oxygens (including phenoxy) is 2. The van der Waals surface area contributed by atoms with Crippen molar-refractivity contribution in [3.05, 3.63) is 23.8 Å². The van der Waals surface area contributed by atoms with Crippen LogP contribution in [-0.2, 0) is 0 Å². The summed E-state index contributed by atoms with van der Waals surface area (Å²) in [4.78, 5) is 12.2. The van der Waals surface area contributed by atoms with E-state index in [1.54, 1.807) is 25.1 Å². The van der Waals surface area contributed by atoms with Crippen molar-refractivity contribution in [1.29, 1.82) is 0 Å². The molecule has 1 aliphatic rings. The Morgan fingerprint density at radius 2 is 2.16 bits per heavy atom. The van der Waals surface area contributed by atoms with Crippen LogP contribution in [-0.4, -0.2) is 31.6 Å². The largest absolute Gasteiger partial charge is 0.454 e. The fourth-order valence-electron chi connectivity index (χ4n) is 1.89. The molecule has 1 aromatic rings. The lowest BCUT2D eigenvalue weighted by molar-refractivity contribution is 0.0898. The fraction of sp³-hybridized carbons (Fsp3) is 0.462. The number of halogens is 2. The van der Waals surface area contributed by atoms with Gasteiger partial charge >= 0.3 is 0 Å². The summed E-state index contributed by atoms with van der Waals surface area (Å²) in [6.07, 6.45) is -1.46. The van der Waals surface area contributed by atoms with Crippen LogP contribution in [0, 0.1) is 0 Å². The number of alkyl halides is 2. The molecule has 104 valence electrons. The van der Waals surface area contributed by atoms with Crippen LogP contribution in [0.4, 0.5) is 8.78 Å². The topological polar surface area (TPSA) is 47.6 Å². The van der Waals surface area contributed by atoms with Gasteiger partial charge in [-0.25, -0.2) is 8.78 Å². The van der Waals surface area contributed by atoms with E-state index in [2.05, 4.69) is 5.32 Å². The minimum Gasteiger partial charge on any atom is -0.454 e. The molecule has 0 saturated carbocycles. The number of hydrogen-bond acceptors (Lipinski definition) is 4. The van der Waals surface area contributed by atoms with E-state index in [1.807, 2.05) is 0 Å². The number of nitrogens with one attached hydrogen (secondary N) is 1. The Kier molecular flexibility index (Phi) is 4.31. The van der Waals surface area contributed by atoms with Crippen molar-refractivity contribution in [3.63, 3.8) is 0 Å². The van der Waals surface area contributed by atoms with Gasteiger partial charge in [-0.2, -0.15) is 0 Å². The van der Waals surface area contributed by atoms with Crippen LogP contribution < -0.4 is 14.8 Å². The number of benzene rings is 1. The van der Waals surface area contributed by atoms with Crippen LogP contribution in [0.1, 0.15) is 23.7 Å². The van der Waals surface area contributed by atoms with Crippen LogP contribution in [0.25, 0.3) is 0 Å². The monoisotopic (exact) mass is 271 g/mol.